The maximum absolute atomic E-state index is 9.77. The molecule has 0 radical (unpaired) electrons. The minimum atomic E-state index is -0.303. The Morgan fingerprint density at radius 1 is 1.17 bits per heavy atom. The van der Waals surface area contributed by atoms with Crippen LogP contribution in [0.5, 0.6) is 6.01 Å². The Bertz CT molecular complexity index is 833. The minimum absolute atomic E-state index is 0.303. The number of anilines is 3. The molecule has 23 heavy (non-hydrogen) atoms. The van der Waals surface area contributed by atoms with E-state index in [9.17, 15) is 5.11 Å². The van der Waals surface area contributed by atoms with Crippen molar-refractivity contribution in [2.75, 3.05) is 36.5 Å². The molecule has 2 aromatic heterocycles. The van der Waals surface area contributed by atoms with Crippen molar-refractivity contribution in [2.45, 2.75) is 0 Å². The van der Waals surface area contributed by atoms with Crippen molar-refractivity contribution in [1.29, 1.82) is 0 Å². The van der Waals surface area contributed by atoms with E-state index in [0.29, 0.717) is 38.2 Å². The second-order valence-corrected chi connectivity index (χ2v) is 5.90. The highest BCUT2D eigenvalue weighted by atomic mass is 32.1. The highest BCUT2D eigenvalue weighted by molar-refractivity contribution is 7.16. The van der Waals surface area contributed by atoms with E-state index in [-0.39, 0.29) is 6.01 Å². The molecule has 9 heteroatoms. The molecule has 0 amide bonds. The summed E-state index contributed by atoms with van der Waals surface area (Å²) in [5.74, 6) is 0.755. The highest BCUT2D eigenvalue weighted by Gasteiger charge is 2.16. The van der Waals surface area contributed by atoms with Gasteiger partial charge in [0.25, 0.3) is 0 Å². The third-order valence-corrected chi connectivity index (χ3v) is 4.28. The number of fused-ring (bicyclic) bond motifs is 1. The van der Waals surface area contributed by atoms with Crippen LogP contribution in [-0.4, -0.2) is 51.3 Å². The molecule has 2 N–H and O–H groups in total. The summed E-state index contributed by atoms with van der Waals surface area (Å²) in [6, 6.07) is 5.50. The molecule has 3 heterocycles. The molecule has 3 aromatic rings. The third kappa shape index (κ3) is 3.01. The molecule has 8 nitrogen and oxygen atoms in total. The average Bonchev–Trinajstić information content (AvgIpc) is 3.03. The van der Waals surface area contributed by atoms with Gasteiger partial charge in [-0.3, -0.25) is 0 Å². The number of nitrogens with one attached hydrogen (secondary N) is 1. The Balaban J connectivity index is 1.61. The molecule has 1 saturated heterocycles. The summed E-state index contributed by atoms with van der Waals surface area (Å²) in [6.07, 6.45) is 0. The van der Waals surface area contributed by atoms with Crippen molar-refractivity contribution in [3.63, 3.8) is 0 Å². The lowest BCUT2D eigenvalue weighted by molar-refractivity contribution is 0.122. The Kier molecular flexibility index (Phi) is 3.64. The van der Waals surface area contributed by atoms with Crippen LogP contribution in [0, 0.1) is 0 Å². The smallest absolute Gasteiger partial charge is 0.320 e. The first kappa shape index (κ1) is 14.1. The summed E-state index contributed by atoms with van der Waals surface area (Å²) in [5, 5.41) is 12.9. The lowest BCUT2D eigenvalue weighted by atomic mass is 10.3. The summed E-state index contributed by atoms with van der Waals surface area (Å²) in [4.78, 5) is 18.5. The first-order valence-electron chi connectivity index (χ1n) is 7.16. The Hall–Kier alpha value is -2.52. The van der Waals surface area contributed by atoms with Crippen LogP contribution in [0.1, 0.15) is 0 Å². The van der Waals surface area contributed by atoms with Gasteiger partial charge in [-0.2, -0.15) is 15.0 Å². The molecule has 1 aliphatic rings. The number of aromatic hydroxyl groups is 1. The zero-order valence-electron chi connectivity index (χ0n) is 12.1. The first-order valence-corrected chi connectivity index (χ1v) is 8.04. The van der Waals surface area contributed by atoms with Crippen LogP contribution in [0.25, 0.3) is 10.2 Å². The third-order valence-electron chi connectivity index (χ3n) is 3.49. The number of rotatable bonds is 3. The molecule has 1 fully saturated rings. The fourth-order valence-corrected chi connectivity index (χ4v) is 3.09. The Morgan fingerprint density at radius 3 is 2.91 bits per heavy atom. The van der Waals surface area contributed by atoms with Crippen molar-refractivity contribution in [3.05, 3.63) is 23.7 Å². The zero-order chi connectivity index (χ0) is 15.6. The average molecular weight is 330 g/mol. The summed E-state index contributed by atoms with van der Waals surface area (Å²) in [5.41, 5.74) is 3.59. The lowest BCUT2D eigenvalue weighted by Crippen LogP contribution is -2.37. The summed E-state index contributed by atoms with van der Waals surface area (Å²) in [7, 11) is 0. The zero-order valence-corrected chi connectivity index (χ0v) is 13.0. The predicted molar refractivity (Wildman–Crippen MR) is 87.4 cm³/mol. The van der Waals surface area contributed by atoms with Gasteiger partial charge in [0.15, 0.2) is 0 Å². The van der Waals surface area contributed by atoms with E-state index in [2.05, 4.69) is 25.3 Å². The predicted octanol–water partition coefficient (Wildman–Crippen LogP) is 1.77. The summed E-state index contributed by atoms with van der Waals surface area (Å²) in [6.45, 7) is 2.62. The van der Waals surface area contributed by atoms with E-state index in [1.165, 1.54) is 0 Å². The van der Waals surface area contributed by atoms with Gasteiger partial charge in [0.2, 0.25) is 11.9 Å². The van der Waals surface area contributed by atoms with Crippen molar-refractivity contribution >= 4 is 39.1 Å². The number of hydrogen-bond acceptors (Lipinski definition) is 9. The van der Waals surface area contributed by atoms with Gasteiger partial charge in [-0.15, -0.1) is 11.3 Å². The van der Waals surface area contributed by atoms with Crippen LogP contribution in [0.2, 0.25) is 0 Å². The Labute approximate surface area is 135 Å². The number of morpholine rings is 1. The Morgan fingerprint density at radius 2 is 2.04 bits per heavy atom. The molecule has 0 unspecified atom stereocenters. The molecule has 1 aromatic carbocycles. The number of benzene rings is 1. The SMILES string of the molecule is Oc1nc(Nc2ccc3ncsc3c2)nc(N2CCOCC2)n1. The van der Waals surface area contributed by atoms with Crippen molar-refractivity contribution in [1.82, 2.24) is 19.9 Å². The van der Waals surface area contributed by atoms with Crippen molar-refractivity contribution in [2.24, 2.45) is 0 Å². The van der Waals surface area contributed by atoms with E-state index in [1.807, 2.05) is 23.1 Å². The van der Waals surface area contributed by atoms with E-state index >= 15 is 0 Å². The van der Waals surface area contributed by atoms with Gasteiger partial charge in [-0.05, 0) is 18.2 Å². The first-order chi connectivity index (χ1) is 11.3. The number of nitrogens with zero attached hydrogens (tertiary/aromatic N) is 5. The highest BCUT2D eigenvalue weighted by Crippen LogP contribution is 2.24. The van der Waals surface area contributed by atoms with E-state index < -0.39 is 0 Å². The van der Waals surface area contributed by atoms with Gasteiger partial charge in [-0.1, -0.05) is 0 Å². The second kappa shape index (κ2) is 5.94. The summed E-state index contributed by atoms with van der Waals surface area (Å²) >= 11 is 1.57. The van der Waals surface area contributed by atoms with Crippen molar-refractivity contribution < 1.29 is 9.84 Å². The number of aromatic nitrogens is 4. The molecular formula is C14H14N6O2S. The number of ether oxygens (including phenoxy) is 1. The van der Waals surface area contributed by atoms with Gasteiger partial charge in [0.05, 0.1) is 28.9 Å². The quantitative estimate of drug-likeness (QED) is 0.750. The molecule has 4 rings (SSSR count). The maximum atomic E-state index is 9.77. The van der Waals surface area contributed by atoms with E-state index in [0.717, 1.165) is 15.9 Å². The molecule has 118 valence electrons. The molecule has 0 saturated carbocycles. The van der Waals surface area contributed by atoms with Crippen LogP contribution in [0.4, 0.5) is 17.6 Å². The second-order valence-electron chi connectivity index (χ2n) is 5.02. The van der Waals surface area contributed by atoms with Crippen LogP contribution in [0.15, 0.2) is 23.7 Å². The molecule has 0 bridgehead atoms. The van der Waals surface area contributed by atoms with Gasteiger partial charge in [0, 0.05) is 18.8 Å². The normalized spacial score (nSPS) is 15.0. The van der Waals surface area contributed by atoms with E-state index in [1.54, 1.807) is 16.8 Å². The molecule has 0 aliphatic carbocycles. The number of hydrogen-bond donors (Lipinski definition) is 2. The van der Waals surface area contributed by atoms with Crippen LogP contribution >= 0.6 is 11.3 Å². The lowest BCUT2D eigenvalue weighted by Gasteiger charge is -2.26. The van der Waals surface area contributed by atoms with Gasteiger partial charge in [0.1, 0.15) is 0 Å². The minimum Gasteiger partial charge on any atom is -0.479 e. The molecule has 1 aliphatic heterocycles. The topological polar surface area (TPSA) is 96.3 Å². The van der Waals surface area contributed by atoms with Gasteiger partial charge >= 0.3 is 6.01 Å². The molecular weight excluding hydrogens is 316 g/mol. The largest absolute Gasteiger partial charge is 0.479 e. The molecule has 0 spiro atoms. The fraction of sp³-hybridized carbons (Fsp3) is 0.286. The summed E-state index contributed by atoms with van der Waals surface area (Å²) < 4.78 is 6.39. The van der Waals surface area contributed by atoms with E-state index in [4.69, 9.17) is 4.74 Å². The number of thiazole rings is 1. The van der Waals surface area contributed by atoms with Crippen molar-refractivity contribution in [3.8, 4) is 6.01 Å². The van der Waals surface area contributed by atoms with Gasteiger partial charge in [-0.25, -0.2) is 4.98 Å². The van der Waals surface area contributed by atoms with Crippen LogP contribution < -0.4 is 10.2 Å². The fourth-order valence-electron chi connectivity index (χ4n) is 2.38. The maximum Gasteiger partial charge on any atom is 0.320 e. The van der Waals surface area contributed by atoms with Crippen LogP contribution in [0.3, 0.4) is 0 Å². The molecule has 0 atom stereocenters. The monoisotopic (exact) mass is 330 g/mol. The standard InChI is InChI=1S/C14H14N6O2S/c21-14-18-12(17-13(19-14)20-3-5-22-6-4-20)16-9-1-2-10-11(7-9)23-8-15-10/h1-2,7-8H,3-6H2,(H2,16,17,18,19,21). The van der Waals surface area contributed by atoms with Crippen LogP contribution in [-0.2, 0) is 4.74 Å². The van der Waals surface area contributed by atoms with Gasteiger partial charge < -0.3 is 20.1 Å².